The number of hydrogen-bond donors (Lipinski definition) is 2. The molecule has 1 saturated heterocycles. The lowest BCUT2D eigenvalue weighted by atomic mass is 10.1. The van der Waals surface area contributed by atoms with Crippen molar-refractivity contribution < 1.29 is 9.64 Å². The van der Waals surface area contributed by atoms with Crippen molar-refractivity contribution in [3.63, 3.8) is 0 Å². The van der Waals surface area contributed by atoms with Gasteiger partial charge in [-0.2, -0.15) is 0 Å². The van der Waals surface area contributed by atoms with Crippen molar-refractivity contribution in [1.29, 1.82) is 0 Å². The van der Waals surface area contributed by atoms with Gasteiger partial charge in [0, 0.05) is 13.6 Å². The zero-order chi connectivity index (χ0) is 21.3. The molecule has 0 amide bonds. The minimum Gasteiger partial charge on any atom is -0.364 e. The minimum atomic E-state index is -0.436. The van der Waals surface area contributed by atoms with Crippen molar-refractivity contribution in [2.75, 3.05) is 13.1 Å². The third-order valence-electron chi connectivity index (χ3n) is 5.80. The summed E-state index contributed by atoms with van der Waals surface area (Å²) in [6.45, 7) is 7.35. The van der Waals surface area contributed by atoms with Gasteiger partial charge < -0.3 is 14.2 Å². The first-order valence-electron chi connectivity index (χ1n) is 10.6. The zero-order valence-electron chi connectivity index (χ0n) is 17.9. The first kappa shape index (κ1) is 20.6. The summed E-state index contributed by atoms with van der Waals surface area (Å²) in [6.07, 6.45) is 2.18. The highest BCUT2D eigenvalue weighted by molar-refractivity contribution is 5.70. The van der Waals surface area contributed by atoms with E-state index in [2.05, 4.69) is 31.0 Å². The number of fused-ring (bicyclic) bond motifs is 1. The van der Waals surface area contributed by atoms with E-state index >= 15 is 0 Å². The highest BCUT2D eigenvalue weighted by Crippen LogP contribution is 2.13. The van der Waals surface area contributed by atoms with Gasteiger partial charge in [0.05, 0.1) is 0 Å². The second kappa shape index (κ2) is 8.57. The SMILES string of the molecule is C[C@@H]1C[NH+](Cc2nc3c(c(=O)[nH]c(=O)n3C)n2CCCc2ccccc2)C[C@@H](C)O1. The van der Waals surface area contributed by atoms with Gasteiger partial charge in [0.25, 0.3) is 5.56 Å². The maximum atomic E-state index is 12.7. The number of hydrogen-bond acceptors (Lipinski definition) is 4. The number of ether oxygens (including phenoxy) is 1. The van der Waals surface area contributed by atoms with Gasteiger partial charge in [-0.1, -0.05) is 30.3 Å². The number of nitrogens with zero attached hydrogens (tertiary/aromatic N) is 3. The molecule has 30 heavy (non-hydrogen) atoms. The normalized spacial score (nSPS) is 21.9. The second-order valence-electron chi connectivity index (χ2n) is 8.35. The molecule has 2 N–H and O–H groups in total. The van der Waals surface area contributed by atoms with E-state index in [1.54, 1.807) is 7.05 Å². The molecule has 0 aliphatic carbocycles. The molecule has 8 heteroatoms. The van der Waals surface area contributed by atoms with Crippen LogP contribution in [0, 0.1) is 0 Å². The predicted octanol–water partition coefficient (Wildman–Crippen LogP) is 0.248. The summed E-state index contributed by atoms with van der Waals surface area (Å²) in [5.74, 6) is 0.848. The Labute approximate surface area is 175 Å². The molecule has 0 unspecified atom stereocenters. The summed E-state index contributed by atoms with van der Waals surface area (Å²) in [5, 5.41) is 0. The van der Waals surface area contributed by atoms with E-state index in [4.69, 9.17) is 9.72 Å². The average molecular weight is 413 g/mol. The Morgan fingerprint density at radius 3 is 2.57 bits per heavy atom. The predicted molar refractivity (Wildman–Crippen MR) is 115 cm³/mol. The van der Waals surface area contributed by atoms with Crippen LogP contribution in [0.5, 0.6) is 0 Å². The smallest absolute Gasteiger partial charge is 0.329 e. The summed E-state index contributed by atoms with van der Waals surface area (Å²) >= 11 is 0. The molecule has 4 rings (SSSR count). The Balaban J connectivity index is 1.66. The number of aromatic amines is 1. The minimum absolute atomic E-state index is 0.187. The van der Waals surface area contributed by atoms with Crippen molar-refractivity contribution >= 4 is 11.2 Å². The molecule has 0 radical (unpaired) electrons. The molecule has 3 aromatic rings. The van der Waals surface area contributed by atoms with Crippen LogP contribution in [-0.4, -0.2) is 44.4 Å². The van der Waals surface area contributed by atoms with Gasteiger partial charge in [-0.05, 0) is 32.3 Å². The zero-order valence-corrected chi connectivity index (χ0v) is 17.9. The van der Waals surface area contributed by atoms with E-state index in [0.717, 1.165) is 31.8 Å². The van der Waals surface area contributed by atoms with Gasteiger partial charge in [0.15, 0.2) is 17.0 Å². The molecule has 3 heterocycles. The van der Waals surface area contributed by atoms with Crippen molar-refractivity contribution in [3.05, 3.63) is 62.6 Å². The summed E-state index contributed by atoms with van der Waals surface area (Å²) in [4.78, 5) is 33.3. The van der Waals surface area contributed by atoms with E-state index in [0.29, 0.717) is 24.3 Å². The monoisotopic (exact) mass is 412 g/mol. The maximum absolute atomic E-state index is 12.7. The fourth-order valence-corrected chi connectivity index (χ4v) is 4.50. The highest BCUT2D eigenvalue weighted by atomic mass is 16.5. The summed E-state index contributed by atoms with van der Waals surface area (Å²) in [5.41, 5.74) is 1.39. The summed E-state index contributed by atoms with van der Waals surface area (Å²) in [6, 6.07) is 10.3. The Morgan fingerprint density at radius 1 is 1.17 bits per heavy atom. The van der Waals surface area contributed by atoms with Gasteiger partial charge in [0.1, 0.15) is 31.8 Å². The van der Waals surface area contributed by atoms with E-state index in [1.165, 1.54) is 15.0 Å². The van der Waals surface area contributed by atoms with E-state index in [9.17, 15) is 9.59 Å². The first-order valence-corrected chi connectivity index (χ1v) is 10.6. The Kier molecular flexibility index (Phi) is 5.87. The quantitative estimate of drug-likeness (QED) is 0.608. The molecule has 2 atom stereocenters. The Bertz CT molecular complexity index is 1120. The number of aryl methyl sites for hydroxylation is 3. The van der Waals surface area contributed by atoms with Gasteiger partial charge in [-0.25, -0.2) is 9.78 Å². The number of benzene rings is 1. The molecule has 0 spiro atoms. The van der Waals surface area contributed by atoms with Crippen LogP contribution in [0.2, 0.25) is 0 Å². The number of nitrogens with one attached hydrogen (secondary N) is 2. The second-order valence-corrected chi connectivity index (χ2v) is 8.35. The molecular weight excluding hydrogens is 382 g/mol. The molecule has 1 aliphatic rings. The first-order chi connectivity index (χ1) is 14.4. The Morgan fingerprint density at radius 2 is 1.87 bits per heavy atom. The molecule has 2 aromatic heterocycles. The van der Waals surface area contributed by atoms with E-state index in [-0.39, 0.29) is 17.8 Å². The highest BCUT2D eigenvalue weighted by Gasteiger charge is 2.28. The number of aromatic nitrogens is 4. The van der Waals surface area contributed by atoms with Crippen molar-refractivity contribution in [1.82, 2.24) is 19.1 Å². The fourth-order valence-electron chi connectivity index (χ4n) is 4.50. The van der Waals surface area contributed by atoms with Gasteiger partial charge in [-0.3, -0.25) is 14.3 Å². The number of rotatable bonds is 6. The van der Waals surface area contributed by atoms with Crippen LogP contribution in [0.25, 0.3) is 11.2 Å². The molecule has 1 fully saturated rings. The van der Waals surface area contributed by atoms with Crippen molar-refractivity contribution in [3.8, 4) is 0 Å². The van der Waals surface area contributed by atoms with Crippen LogP contribution < -0.4 is 16.1 Å². The molecule has 8 nitrogen and oxygen atoms in total. The largest absolute Gasteiger partial charge is 0.364 e. The standard InChI is InChI=1S/C22H29N5O3/c1-15-12-26(13-16(2)30-15)14-18-23-20-19(21(28)24-22(29)25(20)3)27(18)11-7-10-17-8-5-4-6-9-17/h4-6,8-9,15-16H,7,10-14H2,1-3H3,(H,24,28,29)/p+1/t15-,16-/m1/s1. The molecule has 0 bridgehead atoms. The van der Waals surface area contributed by atoms with Crippen LogP contribution in [0.4, 0.5) is 0 Å². The topological polar surface area (TPSA) is 86.4 Å². The van der Waals surface area contributed by atoms with Crippen LogP contribution >= 0.6 is 0 Å². The molecule has 1 aromatic carbocycles. The van der Waals surface area contributed by atoms with Gasteiger partial charge in [-0.15, -0.1) is 0 Å². The fraction of sp³-hybridized carbons (Fsp3) is 0.500. The third kappa shape index (κ3) is 4.24. The van der Waals surface area contributed by atoms with Gasteiger partial charge in [0.2, 0.25) is 0 Å². The summed E-state index contributed by atoms with van der Waals surface area (Å²) < 4.78 is 9.30. The number of morpholine rings is 1. The van der Waals surface area contributed by atoms with Crippen LogP contribution in [-0.2, 0) is 31.3 Å². The number of H-pyrrole nitrogens is 1. The average Bonchev–Trinajstić information content (AvgIpc) is 3.05. The Hall–Kier alpha value is -2.71. The van der Waals surface area contributed by atoms with Crippen molar-refractivity contribution in [2.45, 2.75) is 52.0 Å². The summed E-state index contributed by atoms with van der Waals surface area (Å²) in [7, 11) is 1.65. The number of imidazole rings is 1. The lowest BCUT2D eigenvalue weighted by molar-refractivity contribution is -0.929. The van der Waals surface area contributed by atoms with Crippen LogP contribution in [0.1, 0.15) is 31.7 Å². The molecular formula is C22H30N5O3+. The van der Waals surface area contributed by atoms with Crippen LogP contribution in [0.3, 0.4) is 0 Å². The lowest BCUT2D eigenvalue weighted by Crippen LogP contribution is -3.14. The van der Waals surface area contributed by atoms with Crippen molar-refractivity contribution in [2.24, 2.45) is 7.05 Å². The maximum Gasteiger partial charge on any atom is 0.329 e. The van der Waals surface area contributed by atoms with Crippen LogP contribution in [0.15, 0.2) is 39.9 Å². The molecule has 0 saturated carbocycles. The van der Waals surface area contributed by atoms with Gasteiger partial charge >= 0.3 is 5.69 Å². The van der Waals surface area contributed by atoms with E-state index in [1.807, 2.05) is 22.8 Å². The third-order valence-corrected chi connectivity index (χ3v) is 5.80. The number of quaternary nitrogens is 1. The molecule has 160 valence electrons. The molecule has 1 aliphatic heterocycles. The van der Waals surface area contributed by atoms with E-state index < -0.39 is 5.69 Å². The lowest BCUT2D eigenvalue weighted by Gasteiger charge is -2.32.